The molecule has 6 unspecified atom stereocenters. The number of carbonyl (C=O) groups excluding carboxylic acids is 2. The number of rotatable bonds is 7. The third-order valence-electron chi connectivity index (χ3n) is 16.2. The van der Waals surface area contributed by atoms with Crippen molar-refractivity contribution in [3.63, 3.8) is 0 Å². The van der Waals surface area contributed by atoms with Crippen LogP contribution in [0.4, 0.5) is 0 Å². The molecule has 1 amide bonds. The molecule has 0 aromatic heterocycles. The highest BCUT2D eigenvalue weighted by molar-refractivity contribution is 5.77. The first-order valence-electron chi connectivity index (χ1n) is 19.6. The van der Waals surface area contributed by atoms with Crippen LogP contribution in [0.1, 0.15) is 107 Å². The Morgan fingerprint density at radius 2 is 1.76 bits per heavy atom. The molecule has 5 saturated carbocycles. The predicted octanol–water partition coefficient (Wildman–Crippen LogP) is 5.52. The molecule has 0 aromatic carbocycles. The van der Waals surface area contributed by atoms with Gasteiger partial charge in [0.25, 0.3) is 0 Å². The van der Waals surface area contributed by atoms with Crippen molar-refractivity contribution in [3.05, 3.63) is 0 Å². The molecule has 7 aliphatic rings. The Morgan fingerprint density at radius 1 is 1.02 bits per heavy atom. The summed E-state index contributed by atoms with van der Waals surface area (Å²) in [5, 5.41) is 11.0. The Morgan fingerprint density at radius 3 is 2.43 bits per heavy atom. The lowest BCUT2D eigenvalue weighted by molar-refractivity contribution is -0.245. The Labute approximate surface area is 295 Å². The van der Waals surface area contributed by atoms with Gasteiger partial charge < -0.3 is 29.0 Å². The first-order valence-corrected chi connectivity index (χ1v) is 19.6. The van der Waals surface area contributed by atoms with Crippen molar-refractivity contribution in [1.29, 1.82) is 0 Å². The first-order chi connectivity index (χ1) is 22.9. The van der Waals surface area contributed by atoms with Crippen LogP contribution in [0.25, 0.3) is 0 Å². The first kappa shape index (κ1) is 36.1. The minimum atomic E-state index is -1.17. The molecule has 2 aliphatic heterocycles. The number of fused-ring (bicyclic) bond motifs is 4. The topological polar surface area (TPSA) is 97.8 Å². The zero-order chi connectivity index (χ0) is 35.5. The van der Waals surface area contributed by atoms with Crippen molar-refractivity contribution >= 4 is 11.9 Å². The van der Waals surface area contributed by atoms with Gasteiger partial charge in [0.2, 0.25) is 5.91 Å². The molecule has 5 aliphatic carbocycles. The molecule has 2 spiro atoms. The van der Waals surface area contributed by atoms with Crippen LogP contribution in [0.5, 0.6) is 0 Å². The third-order valence-corrected chi connectivity index (χ3v) is 16.2. The largest absolute Gasteiger partial charge is 0.457 e. The molecule has 7 rings (SSSR count). The monoisotopic (exact) mass is 686 g/mol. The molecule has 278 valence electrons. The maximum absolute atomic E-state index is 12.4. The molecule has 0 bridgehead atoms. The number of hydrogen-bond donors (Lipinski definition) is 1. The van der Waals surface area contributed by atoms with Gasteiger partial charge in [0, 0.05) is 27.6 Å². The number of ether oxygens (including phenoxy) is 4. The van der Waals surface area contributed by atoms with E-state index in [1.165, 1.54) is 39.0 Å². The summed E-state index contributed by atoms with van der Waals surface area (Å²) in [6.07, 6.45) is 8.38. The average Bonchev–Trinajstić information content (AvgIpc) is 3.37. The van der Waals surface area contributed by atoms with Crippen LogP contribution >= 0.6 is 0 Å². The molecule has 9 nitrogen and oxygen atoms in total. The molecule has 14 atom stereocenters. The molecular weight excluding hydrogens is 620 g/mol. The lowest BCUT2D eigenvalue weighted by atomic mass is 9.46. The minimum Gasteiger partial charge on any atom is -0.457 e. The van der Waals surface area contributed by atoms with Crippen molar-refractivity contribution in [2.45, 2.75) is 143 Å². The summed E-state index contributed by atoms with van der Waals surface area (Å²) < 4.78 is 25.7. The zero-order valence-electron chi connectivity index (χ0n) is 32.1. The summed E-state index contributed by atoms with van der Waals surface area (Å²) in [5.41, 5.74) is -0.0939. The number of amides is 1. The Bertz CT molecular complexity index is 1300. The van der Waals surface area contributed by atoms with E-state index in [-0.39, 0.29) is 47.3 Å². The number of morpholine rings is 1. The molecule has 9 heteroatoms. The van der Waals surface area contributed by atoms with E-state index in [2.05, 4.69) is 39.5 Å². The number of nitrogens with zero attached hydrogens (tertiary/aromatic N) is 2. The average molecular weight is 687 g/mol. The Kier molecular flexibility index (Phi) is 8.95. The smallest absolute Gasteiger partial charge is 0.303 e. The van der Waals surface area contributed by atoms with Gasteiger partial charge in [-0.15, -0.1) is 0 Å². The summed E-state index contributed by atoms with van der Waals surface area (Å²) in [6, 6.07) is 0. The van der Waals surface area contributed by atoms with E-state index in [0.717, 1.165) is 31.7 Å². The summed E-state index contributed by atoms with van der Waals surface area (Å²) in [4.78, 5) is 28.3. The zero-order valence-corrected chi connectivity index (χ0v) is 32.1. The van der Waals surface area contributed by atoms with Gasteiger partial charge in [-0.3, -0.25) is 14.5 Å². The van der Waals surface area contributed by atoms with Crippen LogP contribution in [0.3, 0.4) is 0 Å². The third kappa shape index (κ3) is 5.39. The van der Waals surface area contributed by atoms with Crippen LogP contribution < -0.4 is 0 Å². The van der Waals surface area contributed by atoms with Crippen molar-refractivity contribution < 1.29 is 33.6 Å². The van der Waals surface area contributed by atoms with Crippen molar-refractivity contribution in [1.82, 2.24) is 9.80 Å². The van der Waals surface area contributed by atoms with Gasteiger partial charge in [-0.2, -0.15) is 0 Å². The van der Waals surface area contributed by atoms with Gasteiger partial charge in [-0.1, -0.05) is 34.6 Å². The van der Waals surface area contributed by atoms with E-state index in [1.807, 2.05) is 14.1 Å². The van der Waals surface area contributed by atoms with Crippen molar-refractivity contribution in [2.75, 3.05) is 40.3 Å². The fourth-order valence-electron chi connectivity index (χ4n) is 14.3. The highest BCUT2D eigenvalue weighted by atomic mass is 16.7. The van der Waals surface area contributed by atoms with E-state index in [4.69, 9.17) is 18.9 Å². The SMILES string of the molecule is CC(=O)O[C@@H](C1C[C@@H](C)C2C(CC3[C@@H]4CCC5C(C)(C)[C@@H](OC6CN(CC(=O)N(C)C)CCO6)CC[C@@]56[C@@H](C)[C@@]46CC[C@]23C)O1)C(C)(C)O. The molecule has 7 fully saturated rings. The fraction of sp³-hybridized carbons (Fsp3) is 0.950. The molecule has 0 radical (unpaired) electrons. The summed E-state index contributed by atoms with van der Waals surface area (Å²) in [5.74, 6) is 3.40. The van der Waals surface area contributed by atoms with Gasteiger partial charge >= 0.3 is 5.97 Å². The summed E-state index contributed by atoms with van der Waals surface area (Å²) in [7, 11) is 3.63. The highest BCUT2D eigenvalue weighted by Gasteiger charge is 2.85. The van der Waals surface area contributed by atoms with Crippen LogP contribution in [0.15, 0.2) is 0 Å². The molecule has 2 heterocycles. The van der Waals surface area contributed by atoms with E-state index in [9.17, 15) is 14.7 Å². The van der Waals surface area contributed by atoms with E-state index in [1.54, 1.807) is 18.7 Å². The lowest BCUT2D eigenvalue weighted by Crippen LogP contribution is -2.57. The second kappa shape index (κ2) is 12.1. The van der Waals surface area contributed by atoms with Crippen LogP contribution in [0, 0.1) is 57.2 Å². The van der Waals surface area contributed by atoms with Crippen molar-refractivity contribution in [3.8, 4) is 0 Å². The van der Waals surface area contributed by atoms with Gasteiger partial charge in [-0.25, -0.2) is 0 Å². The van der Waals surface area contributed by atoms with Gasteiger partial charge in [0.1, 0.15) is 0 Å². The molecular formula is C40H66N2O7. The van der Waals surface area contributed by atoms with Gasteiger partial charge in [0.05, 0.1) is 43.6 Å². The lowest BCUT2D eigenvalue weighted by Gasteiger charge is -2.60. The summed E-state index contributed by atoms with van der Waals surface area (Å²) in [6.45, 7) is 19.9. The number of likely N-dealkylation sites (N-methyl/N-ethyl adjacent to an activating group) is 1. The molecule has 1 N–H and O–H groups in total. The second-order valence-electron chi connectivity index (χ2n) is 19.3. The maximum atomic E-state index is 12.4. The fourth-order valence-corrected chi connectivity index (χ4v) is 14.3. The van der Waals surface area contributed by atoms with Crippen LogP contribution in [0.2, 0.25) is 0 Å². The van der Waals surface area contributed by atoms with E-state index >= 15 is 0 Å². The molecule has 2 saturated heterocycles. The normalized spacial score (nSPS) is 47.8. The number of hydrogen-bond acceptors (Lipinski definition) is 8. The summed E-state index contributed by atoms with van der Waals surface area (Å²) >= 11 is 0. The molecule has 49 heavy (non-hydrogen) atoms. The quantitative estimate of drug-likeness (QED) is 0.350. The highest BCUT2D eigenvalue weighted by Crippen LogP contribution is 2.89. The minimum absolute atomic E-state index is 0.0458. The standard InChI is InChI=1S/C40H66N2O7/c1-23-19-29(35(37(6,7)45)47-25(3)43)48-28-20-27-26-11-12-30-36(4,5)31(49-33-22-42(17-18-46-33)21-32(44)41(9)10)13-14-40(30)24(2)39(26,40)16-15-38(27,8)34(23)28/h23-24,26-31,33-35,45H,11-22H2,1-10H3/t23-,24+,26+,27?,28?,29?,30?,31+,33?,34?,35+,38+,39+,40-/m1/s1. The maximum Gasteiger partial charge on any atom is 0.303 e. The Balaban J connectivity index is 1.07. The van der Waals surface area contributed by atoms with Crippen LogP contribution in [-0.2, 0) is 28.5 Å². The predicted molar refractivity (Wildman–Crippen MR) is 186 cm³/mol. The Hall–Kier alpha value is -1.26. The van der Waals surface area contributed by atoms with Crippen LogP contribution in [-0.4, -0.2) is 103 Å². The number of esters is 1. The van der Waals surface area contributed by atoms with Gasteiger partial charge in [0.15, 0.2) is 12.4 Å². The second-order valence-corrected chi connectivity index (χ2v) is 19.3. The number of carbonyl (C=O) groups is 2. The van der Waals surface area contributed by atoms with Gasteiger partial charge in [-0.05, 0) is 122 Å². The number of aliphatic hydroxyl groups is 1. The van der Waals surface area contributed by atoms with E-state index in [0.29, 0.717) is 60.1 Å². The van der Waals surface area contributed by atoms with E-state index < -0.39 is 11.7 Å². The van der Waals surface area contributed by atoms with Crippen molar-refractivity contribution in [2.24, 2.45) is 57.2 Å². The molecule has 0 aromatic rings.